The molecule has 0 bridgehead atoms. The number of hydrogen-bond donors (Lipinski definition) is 1. The Kier molecular flexibility index (Phi) is 2.33. The van der Waals surface area contributed by atoms with Crippen LogP contribution in [-0.2, 0) is 4.79 Å². The van der Waals surface area contributed by atoms with Gasteiger partial charge in [0.1, 0.15) is 11.5 Å². The van der Waals surface area contributed by atoms with Crippen LogP contribution in [0.5, 0.6) is 0 Å². The molecular formula is C12H17NO2. The molecule has 2 heterocycles. The van der Waals surface area contributed by atoms with Crippen LogP contribution in [0.25, 0.3) is 0 Å². The van der Waals surface area contributed by atoms with Gasteiger partial charge in [-0.3, -0.25) is 4.79 Å². The molecule has 2 aliphatic rings. The first-order valence-electron chi connectivity index (χ1n) is 5.37. The predicted octanol–water partition coefficient (Wildman–Crippen LogP) is 2.02. The van der Waals surface area contributed by atoms with Crippen LogP contribution in [0.3, 0.4) is 0 Å². The molecule has 0 aromatic carbocycles. The fraction of sp³-hybridized carbons (Fsp3) is 0.583. The van der Waals surface area contributed by atoms with E-state index < -0.39 is 0 Å². The normalized spacial score (nSPS) is 25.2. The first-order valence-corrected chi connectivity index (χ1v) is 5.37. The lowest BCUT2D eigenvalue weighted by Gasteiger charge is -2.26. The van der Waals surface area contributed by atoms with Crippen molar-refractivity contribution in [3.05, 3.63) is 23.6 Å². The van der Waals surface area contributed by atoms with Crippen molar-refractivity contribution in [2.24, 2.45) is 5.41 Å². The van der Waals surface area contributed by atoms with Gasteiger partial charge in [-0.2, -0.15) is 0 Å². The van der Waals surface area contributed by atoms with E-state index in [0.717, 1.165) is 25.2 Å². The minimum Gasteiger partial charge on any atom is -0.508 e. The molecule has 0 aliphatic carbocycles. The summed E-state index contributed by atoms with van der Waals surface area (Å²) in [5.41, 5.74) is 0.735. The molecule has 0 radical (unpaired) electrons. The third-order valence-electron chi connectivity index (χ3n) is 3.34. The van der Waals surface area contributed by atoms with Gasteiger partial charge >= 0.3 is 0 Å². The average molecular weight is 207 g/mol. The quantitative estimate of drug-likeness (QED) is 0.660. The van der Waals surface area contributed by atoms with Gasteiger partial charge in [-0.1, -0.05) is 13.8 Å². The molecule has 0 spiro atoms. The van der Waals surface area contributed by atoms with Crippen LogP contribution in [-0.4, -0.2) is 28.9 Å². The summed E-state index contributed by atoms with van der Waals surface area (Å²) in [6.45, 7) is 5.62. The first-order chi connectivity index (χ1) is 6.99. The summed E-state index contributed by atoms with van der Waals surface area (Å²) >= 11 is 0. The number of rotatable bonds is 0. The van der Waals surface area contributed by atoms with E-state index in [0.29, 0.717) is 6.42 Å². The highest BCUT2D eigenvalue weighted by molar-refractivity contribution is 5.86. The summed E-state index contributed by atoms with van der Waals surface area (Å²) in [4.78, 5) is 14.1. The van der Waals surface area contributed by atoms with Crippen LogP contribution >= 0.6 is 0 Å². The van der Waals surface area contributed by atoms with Crippen molar-refractivity contribution in [2.45, 2.75) is 26.7 Å². The summed E-state index contributed by atoms with van der Waals surface area (Å²) in [5, 5.41) is 9.40. The topological polar surface area (TPSA) is 40.5 Å². The molecule has 0 atom stereocenters. The zero-order valence-corrected chi connectivity index (χ0v) is 9.29. The molecular weight excluding hydrogens is 190 g/mol. The van der Waals surface area contributed by atoms with Gasteiger partial charge in [0.25, 0.3) is 0 Å². The monoisotopic (exact) mass is 207 g/mol. The van der Waals surface area contributed by atoms with E-state index >= 15 is 0 Å². The van der Waals surface area contributed by atoms with Crippen molar-refractivity contribution in [3.8, 4) is 0 Å². The second kappa shape index (κ2) is 3.40. The smallest absolute Gasteiger partial charge is 0.144 e. The van der Waals surface area contributed by atoms with Crippen molar-refractivity contribution >= 4 is 5.78 Å². The Balaban J connectivity index is 2.26. The molecule has 3 nitrogen and oxygen atoms in total. The fourth-order valence-electron chi connectivity index (χ4n) is 2.00. The molecule has 1 N–H and O–H groups in total. The molecule has 3 heteroatoms. The van der Waals surface area contributed by atoms with Crippen LogP contribution in [0.15, 0.2) is 23.6 Å². The van der Waals surface area contributed by atoms with Crippen molar-refractivity contribution < 1.29 is 9.90 Å². The standard InChI is InChI=1S/C12H17NO2/c1-12(2)4-6-13-5-3-10(14)7-9(13)8-11(12)15/h3,7,14H,4-6,8H2,1-2H3. The summed E-state index contributed by atoms with van der Waals surface area (Å²) in [5.74, 6) is 0.555. The van der Waals surface area contributed by atoms with Crippen molar-refractivity contribution in [2.75, 3.05) is 13.1 Å². The Hall–Kier alpha value is -1.25. The van der Waals surface area contributed by atoms with Crippen LogP contribution < -0.4 is 0 Å². The van der Waals surface area contributed by atoms with Gasteiger partial charge < -0.3 is 10.0 Å². The first kappa shape index (κ1) is 10.3. The largest absolute Gasteiger partial charge is 0.508 e. The lowest BCUT2D eigenvalue weighted by molar-refractivity contribution is -0.126. The molecule has 0 unspecified atom stereocenters. The van der Waals surface area contributed by atoms with E-state index in [4.69, 9.17) is 0 Å². The molecule has 2 rings (SSSR count). The lowest BCUT2D eigenvalue weighted by Crippen LogP contribution is -2.26. The fourth-order valence-corrected chi connectivity index (χ4v) is 2.00. The average Bonchev–Trinajstić information content (AvgIpc) is 2.25. The number of hydrogen-bond acceptors (Lipinski definition) is 3. The molecule has 0 aromatic heterocycles. The second-order valence-corrected chi connectivity index (χ2v) is 4.94. The Labute approximate surface area is 90.1 Å². The number of aliphatic hydroxyl groups is 1. The van der Waals surface area contributed by atoms with Gasteiger partial charge in [0.05, 0.1) is 0 Å². The summed E-state index contributed by atoms with van der Waals surface area (Å²) in [6.07, 6.45) is 4.83. The highest BCUT2D eigenvalue weighted by atomic mass is 16.3. The van der Waals surface area contributed by atoms with Gasteiger partial charge in [0.15, 0.2) is 0 Å². The summed E-state index contributed by atoms with van der Waals surface area (Å²) < 4.78 is 0. The highest BCUT2D eigenvalue weighted by Gasteiger charge is 2.33. The maximum atomic E-state index is 11.9. The van der Waals surface area contributed by atoms with Crippen molar-refractivity contribution in [3.63, 3.8) is 0 Å². The zero-order chi connectivity index (χ0) is 11.1. The summed E-state index contributed by atoms with van der Waals surface area (Å²) in [7, 11) is 0. The number of allylic oxidation sites excluding steroid dienone is 2. The minimum absolute atomic E-state index is 0.228. The highest BCUT2D eigenvalue weighted by Crippen LogP contribution is 2.32. The van der Waals surface area contributed by atoms with Crippen LogP contribution in [0.2, 0.25) is 0 Å². The number of carbonyl (C=O) groups excluding carboxylic acids is 1. The maximum absolute atomic E-state index is 11.9. The molecule has 1 fully saturated rings. The van der Waals surface area contributed by atoms with Crippen molar-refractivity contribution in [1.29, 1.82) is 0 Å². The number of Topliss-reactive ketones (excluding diaryl/α,β-unsaturated/α-hetero) is 1. The molecule has 0 aromatic rings. The Morgan fingerprint density at radius 3 is 2.93 bits per heavy atom. The van der Waals surface area contributed by atoms with Crippen LogP contribution in [0.4, 0.5) is 0 Å². The number of ketones is 1. The van der Waals surface area contributed by atoms with E-state index in [-0.39, 0.29) is 17.0 Å². The molecule has 0 saturated carbocycles. The SMILES string of the molecule is CC1(C)CCN2CC=C(O)C=C2CC1=O. The van der Waals surface area contributed by atoms with E-state index in [1.54, 1.807) is 12.2 Å². The van der Waals surface area contributed by atoms with E-state index in [1.807, 2.05) is 13.8 Å². The van der Waals surface area contributed by atoms with Crippen LogP contribution in [0, 0.1) is 5.41 Å². The van der Waals surface area contributed by atoms with Gasteiger partial charge in [-0.25, -0.2) is 0 Å². The van der Waals surface area contributed by atoms with Crippen LogP contribution in [0.1, 0.15) is 26.7 Å². The second-order valence-electron chi connectivity index (χ2n) is 4.94. The lowest BCUT2D eigenvalue weighted by atomic mass is 9.84. The Bertz CT molecular complexity index is 353. The molecule has 82 valence electrons. The molecule has 15 heavy (non-hydrogen) atoms. The Morgan fingerprint density at radius 1 is 1.47 bits per heavy atom. The van der Waals surface area contributed by atoms with E-state index in [2.05, 4.69) is 4.90 Å². The third-order valence-corrected chi connectivity index (χ3v) is 3.34. The zero-order valence-electron chi connectivity index (χ0n) is 9.29. The third kappa shape index (κ3) is 1.91. The van der Waals surface area contributed by atoms with Gasteiger partial charge in [0, 0.05) is 30.6 Å². The molecule has 2 aliphatic heterocycles. The summed E-state index contributed by atoms with van der Waals surface area (Å²) in [6, 6.07) is 0. The number of aliphatic hydroxyl groups excluding tert-OH is 1. The van der Waals surface area contributed by atoms with Gasteiger partial charge in [0.2, 0.25) is 0 Å². The number of carbonyl (C=O) groups is 1. The number of nitrogens with zero attached hydrogens (tertiary/aromatic N) is 1. The number of fused-ring (bicyclic) bond motifs is 1. The maximum Gasteiger partial charge on any atom is 0.144 e. The van der Waals surface area contributed by atoms with E-state index in [1.165, 1.54) is 0 Å². The van der Waals surface area contributed by atoms with Crippen molar-refractivity contribution in [1.82, 2.24) is 4.90 Å². The van der Waals surface area contributed by atoms with Gasteiger partial charge in [-0.15, -0.1) is 0 Å². The molecule has 1 saturated heterocycles. The molecule has 0 amide bonds. The van der Waals surface area contributed by atoms with Gasteiger partial charge in [-0.05, 0) is 18.6 Å². The van der Waals surface area contributed by atoms with E-state index in [9.17, 15) is 9.90 Å². The Morgan fingerprint density at radius 2 is 2.20 bits per heavy atom. The minimum atomic E-state index is -0.228. The predicted molar refractivity (Wildman–Crippen MR) is 58.4 cm³/mol.